The smallest absolute Gasteiger partial charge is 0.274 e. The fourth-order valence-corrected chi connectivity index (χ4v) is 5.13. The van der Waals surface area contributed by atoms with Gasteiger partial charge in [-0.05, 0) is 36.2 Å². The van der Waals surface area contributed by atoms with E-state index in [1.165, 1.54) is 0 Å². The zero-order valence-corrected chi connectivity index (χ0v) is 18.2. The molecular weight excluding hydrogens is 412 g/mol. The normalized spacial score (nSPS) is 22.0. The van der Waals surface area contributed by atoms with Gasteiger partial charge in [0, 0.05) is 32.0 Å². The van der Waals surface area contributed by atoms with Crippen LogP contribution in [0.5, 0.6) is 10.9 Å². The molecule has 2 atom stereocenters. The van der Waals surface area contributed by atoms with E-state index < -0.39 is 0 Å². The maximum atomic E-state index is 13.0. The van der Waals surface area contributed by atoms with E-state index in [0.717, 1.165) is 34.4 Å². The lowest BCUT2D eigenvalue weighted by atomic mass is 10.00. The fourth-order valence-electron chi connectivity index (χ4n) is 4.25. The summed E-state index contributed by atoms with van der Waals surface area (Å²) in [6, 6.07) is 15.9. The van der Waals surface area contributed by atoms with Crippen LogP contribution in [-0.2, 0) is 4.79 Å². The summed E-state index contributed by atoms with van der Waals surface area (Å²) in [7, 11) is 1.66. The first kappa shape index (κ1) is 20.2. The molecule has 2 unspecified atom stereocenters. The number of nitrogens with one attached hydrogen (secondary N) is 2. The van der Waals surface area contributed by atoms with E-state index in [4.69, 9.17) is 9.47 Å². The minimum absolute atomic E-state index is 0.0870. The molecule has 31 heavy (non-hydrogen) atoms. The molecule has 0 spiro atoms. The van der Waals surface area contributed by atoms with Crippen LogP contribution in [0.2, 0.25) is 0 Å². The summed E-state index contributed by atoms with van der Waals surface area (Å²) >= 11 is 1.58. The molecule has 2 N–H and O–H groups in total. The molecule has 5 rings (SSSR count). The maximum Gasteiger partial charge on any atom is 0.274 e. The Morgan fingerprint density at radius 1 is 1.13 bits per heavy atom. The van der Waals surface area contributed by atoms with E-state index in [1.807, 2.05) is 41.3 Å². The number of thiazole rings is 1. The fraction of sp³-hybridized carbons (Fsp3) is 0.391. The van der Waals surface area contributed by atoms with Gasteiger partial charge in [0.05, 0.1) is 17.3 Å². The lowest BCUT2D eigenvalue weighted by Crippen LogP contribution is -2.49. The number of likely N-dealkylation sites (tertiary alicyclic amines) is 1. The second-order valence-electron chi connectivity index (χ2n) is 8.00. The number of piperidine rings is 1. The van der Waals surface area contributed by atoms with Crippen LogP contribution in [0, 0.1) is 0 Å². The second kappa shape index (κ2) is 8.82. The molecule has 3 aromatic rings. The number of methoxy groups -OCH3 is 1. The van der Waals surface area contributed by atoms with Crippen LogP contribution in [0.3, 0.4) is 0 Å². The van der Waals surface area contributed by atoms with Crippen LogP contribution in [0.4, 0.5) is 0 Å². The number of carbonyl (C=O) groups excluding carboxylic acids is 1. The Morgan fingerprint density at radius 2 is 1.97 bits per heavy atom. The molecule has 0 radical (unpaired) electrons. The number of rotatable bonds is 5. The average Bonchev–Trinajstić information content (AvgIpc) is 3.46. The third kappa shape index (κ3) is 4.37. The number of hydrazine groups is 1. The Labute approximate surface area is 185 Å². The molecule has 0 aliphatic carbocycles. The first-order chi connectivity index (χ1) is 15.2. The van der Waals surface area contributed by atoms with Crippen molar-refractivity contribution in [1.29, 1.82) is 0 Å². The van der Waals surface area contributed by atoms with Crippen molar-refractivity contribution in [3.05, 3.63) is 54.1 Å². The molecule has 2 fully saturated rings. The van der Waals surface area contributed by atoms with Gasteiger partial charge in [0.1, 0.15) is 17.9 Å². The van der Waals surface area contributed by atoms with Gasteiger partial charge in [-0.15, -0.1) is 0 Å². The number of nitrogens with zero attached hydrogens (tertiary/aromatic N) is 2. The number of fused-ring (bicyclic) bond motifs is 1. The number of hydrogen-bond acceptors (Lipinski definition) is 7. The molecule has 2 aliphatic rings. The van der Waals surface area contributed by atoms with E-state index in [1.54, 1.807) is 18.4 Å². The van der Waals surface area contributed by atoms with Crippen molar-refractivity contribution >= 4 is 27.5 Å². The van der Waals surface area contributed by atoms with Crippen molar-refractivity contribution in [3.63, 3.8) is 0 Å². The lowest BCUT2D eigenvalue weighted by Gasteiger charge is -2.33. The number of para-hydroxylation sites is 1. The summed E-state index contributed by atoms with van der Waals surface area (Å²) in [5.41, 5.74) is 8.54. The van der Waals surface area contributed by atoms with E-state index in [9.17, 15) is 4.79 Å². The van der Waals surface area contributed by atoms with Gasteiger partial charge in [-0.25, -0.2) is 15.8 Å². The first-order valence-corrected chi connectivity index (χ1v) is 11.5. The van der Waals surface area contributed by atoms with E-state index >= 15 is 0 Å². The zero-order chi connectivity index (χ0) is 21.2. The van der Waals surface area contributed by atoms with Crippen LogP contribution < -0.4 is 20.3 Å². The summed E-state index contributed by atoms with van der Waals surface area (Å²) in [5.74, 6) is 0.973. The quantitative estimate of drug-likeness (QED) is 0.637. The predicted molar refractivity (Wildman–Crippen MR) is 120 cm³/mol. The van der Waals surface area contributed by atoms with Gasteiger partial charge in [-0.1, -0.05) is 35.6 Å². The van der Waals surface area contributed by atoms with Crippen molar-refractivity contribution in [2.45, 2.75) is 37.5 Å². The van der Waals surface area contributed by atoms with Crippen LogP contribution in [0.15, 0.2) is 48.5 Å². The molecule has 2 aliphatic heterocycles. The summed E-state index contributed by atoms with van der Waals surface area (Å²) in [6.45, 7) is 1.41. The third-order valence-corrected chi connectivity index (χ3v) is 6.92. The van der Waals surface area contributed by atoms with Crippen LogP contribution in [0.1, 0.15) is 30.9 Å². The van der Waals surface area contributed by atoms with Crippen LogP contribution in [0.25, 0.3) is 10.2 Å². The molecule has 0 saturated carbocycles. The molecule has 162 valence electrons. The first-order valence-electron chi connectivity index (χ1n) is 10.7. The number of hydrogen-bond donors (Lipinski definition) is 2. The minimum atomic E-state index is -0.224. The van der Waals surface area contributed by atoms with Gasteiger partial charge < -0.3 is 14.4 Å². The van der Waals surface area contributed by atoms with Crippen molar-refractivity contribution in [2.75, 3.05) is 20.2 Å². The van der Waals surface area contributed by atoms with Crippen LogP contribution >= 0.6 is 11.3 Å². The molecule has 3 heterocycles. The molecule has 0 bridgehead atoms. The minimum Gasteiger partial charge on any atom is -0.497 e. The third-order valence-electron chi connectivity index (χ3n) is 5.99. The molecule has 1 amide bonds. The maximum absolute atomic E-state index is 13.0. The standard InChI is InChI=1S/C23H26N4O3S/c1-29-17-6-4-5-15(13-17)19-14-20(26-25-19)22(28)27-11-9-16(10-12-27)30-23-24-18-7-2-3-8-21(18)31-23/h2-8,13,16,19-20,25-26H,9-12,14H2,1H3. The summed E-state index contributed by atoms with van der Waals surface area (Å²) in [5, 5.41) is 0.716. The SMILES string of the molecule is COc1cccc(C2CC(C(=O)N3CCC(Oc4nc5ccccc5s4)CC3)NN2)c1. The molecule has 2 saturated heterocycles. The highest BCUT2D eigenvalue weighted by Crippen LogP contribution is 2.30. The Balaban J connectivity index is 1.14. The van der Waals surface area contributed by atoms with Crippen molar-refractivity contribution in [1.82, 2.24) is 20.7 Å². The Kier molecular flexibility index (Phi) is 5.76. The number of carbonyl (C=O) groups is 1. The van der Waals surface area contributed by atoms with Crippen LogP contribution in [-0.4, -0.2) is 48.1 Å². The molecule has 7 nitrogen and oxygen atoms in total. The highest BCUT2D eigenvalue weighted by molar-refractivity contribution is 7.20. The monoisotopic (exact) mass is 438 g/mol. The predicted octanol–water partition coefficient (Wildman–Crippen LogP) is 3.28. The van der Waals surface area contributed by atoms with Crippen molar-refractivity contribution < 1.29 is 14.3 Å². The zero-order valence-electron chi connectivity index (χ0n) is 17.4. The number of ether oxygens (including phenoxy) is 2. The van der Waals surface area contributed by atoms with Gasteiger partial charge in [0.15, 0.2) is 0 Å². The Hall–Kier alpha value is -2.68. The topological polar surface area (TPSA) is 75.7 Å². The molecule has 8 heteroatoms. The number of amides is 1. The molecule has 2 aromatic carbocycles. The summed E-state index contributed by atoms with van der Waals surface area (Å²) in [6.07, 6.45) is 2.46. The average molecular weight is 439 g/mol. The summed E-state index contributed by atoms with van der Waals surface area (Å²) in [4.78, 5) is 19.5. The summed E-state index contributed by atoms with van der Waals surface area (Å²) < 4.78 is 12.6. The highest BCUT2D eigenvalue weighted by Gasteiger charge is 2.35. The molecular formula is C23H26N4O3S. The second-order valence-corrected chi connectivity index (χ2v) is 8.99. The molecule has 1 aromatic heterocycles. The van der Waals surface area contributed by atoms with Crippen molar-refractivity contribution in [2.24, 2.45) is 0 Å². The van der Waals surface area contributed by atoms with E-state index in [-0.39, 0.29) is 24.1 Å². The Morgan fingerprint density at radius 3 is 2.77 bits per heavy atom. The lowest BCUT2D eigenvalue weighted by molar-refractivity contribution is -0.135. The van der Waals surface area contributed by atoms with Gasteiger partial charge in [-0.2, -0.15) is 0 Å². The van der Waals surface area contributed by atoms with E-state index in [2.05, 4.69) is 28.0 Å². The van der Waals surface area contributed by atoms with Gasteiger partial charge in [0.2, 0.25) is 5.91 Å². The van der Waals surface area contributed by atoms with Gasteiger partial charge in [-0.3, -0.25) is 4.79 Å². The largest absolute Gasteiger partial charge is 0.497 e. The number of benzene rings is 2. The van der Waals surface area contributed by atoms with E-state index in [0.29, 0.717) is 24.7 Å². The van der Waals surface area contributed by atoms with Gasteiger partial charge in [0.25, 0.3) is 5.19 Å². The van der Waals surface area contributed by atoms with Crippen molar-refractivity contribution in [3.8, 4) is 10.9 Å². The van der Waals surface area contributed by atoms with Gasteiger partial charge >= 0.3 is 0 Å². The number of aromatic nitrogens is 1. The Bertz CT molecular complexity index is 1030. The highest BCUT2D eigenvalue weighted by atomic mass is 32.1.